The van der Waals surface area contributed by atoms with E-state index in [0.717, 1.165) is 15.9 Å². The minimum atomic E-state index is -0.857. The zero-order valence-corrected chi connectivity index (χ0v) is 19.7. The molecular weight excluding hydrogens is 441 g/mol. The van der Waals surface area contributed by atoms with E-state index in [2.05, 4.69) is 25.9 Å². The molecule has 176 valence electrons. The van der Waals surface area contributed by atoms with Gasteiger partial charge in [0.15, 0.2) is 0 Å². The number of aromatic nitrogens is 2. The van der Waals surface area contributed by atoms with E-state index in [9.17, 15) is 14.3 Å². The maximum atomic E-state index is 13.6. The van der Waals surface area contributed by atoms with E-state index in [1.807, 2.05) is 29.8 Å². The smallest absolute Gasteiger partial charge is 0.254 e. The molecule has 7 nitrogen and oxygen atoms in total. The highest BCUT2D eigenvalue weighted by Gasteiger charge is 2.23. The number of thiazole rings is 1. The first kappa shape index (κ1) is 23.4. The zero-order chi connectivity index (χ0) is 23.4. The van der Waals surface area contributed by atoms with Crippen molar-refractivity contribution in [1.82, 2.24) is 15.3 Å². The van der Waals surface area contributed by atoms with Gasteiger partial charge in [-0.05, 0) is 64.2 Å². The molecule has 2 aromatic heterocycles. The molecule has 0 saturated heterocycles. The molecule has 1 aliphatic rings. The van der Waals surface area contributed by atoms with Crippen LogP contribution in [0.25, 0.3) is 10.2 Å². The molecule has 0 radical (unpaired) electrons. The number of benzene rings is 1. The van der Waals surface area contributed by atoms with Crippen molar-refractivity contribution in [3.8, 4) is 0 Å². The lowest BCUT2D eigenvalue weighted by Gasteiger charge is -2.27. The fourth-order valence-corrected chi connectivity index (χ4v) is 4.62. The van der Waals surface area contributed by atoms with Crippen LogP contribution in [-0.2, 0) is 0 Å². The minimum Gasteiger partial charge on any atom is -0.390 e. The van der Waals surface area contributed by atoms with Gasteiger partial charge in [-0.1, -0.05) is 0 Å². The number of nitrogens with one attached hydrogen (secondary N) is 3. The van der Waals surface area contributed by atoms with Crippen LogP contribution in [0.4, 0.5) is 21.6 Å². The number of alkyl halides is 1. The van der Waals surface area contributed by atoms with Gasteiger partial charge in [0, 0.05) is 30.5 Å². The standard InChI is InChI=1S/C24H30FN5O2S/c1-24(2,32)9-10-26-23(31)18-13-27-22(12-20(18)29-16-5-3-15(25)4-6-16)30-17-7-8-19-21(11-17)33-14-28-19/h7-8,11-16,32H,3-6,9-10H2,1-2H3,(H,26,31)(H2,27,29,30)/t15-,16+. The van der Waals surface area contributed by atoms with Gasteiger partial charge < -0.3 is 21.1 Å². The van der Waals surface area contributed by atoms with Gasteiger partial charge in [-0.2, -0.15) is 0 Å². The third-order valence-electron chi connectivity index (χ3n) is 5.79. The van der Waals surface area contributed by atoms with E-state index in [-0.39, 0.29) is 11.9 Å². The number of fused-ring (bicyclic) bond motifs is 1. The molecule has 0 unspecified atom stereocenters. The van der Waals surface area contributed by atoms with Crippen LogP contribution in [0.5, 0.6) is 0 Å². The lowest BCUT2D eigenvalue weighted by atomic mass is 9.93. The Morgan fingerprint density at radius 3 is 2.76 bits per heavy atom. The summed E-state index contributed by atoms with van der Waals surface area (Å²) in [6.07, 6.45) is 3.72. The maximum absolute atomic E-state index is 13.6. The van der Waals surface area contributed by atoms with E-state index in [0.29, 0.717) is 55.7 Å². The number of hydrogen-bond acceptors (Lipinski definition) is 7. The molecule has 0 atom stereocenters. The van der Waals surface area contributed by atoms with Crippen LogP contribution in [0, 0.1) is 0 Å². The molecule has 0 aliphatic heterocycles. The third-order valence-corrected chi connectivity index (χ3v) is 6.58. The molecule has 4 N–H and O–H groups in total. The Hall–Kier alpha value is -2.78. The molecule has 33 heavy (non-hydrogen) atoms. The van der Waals surface area contributed by atoms with Gasteiger partial charge in [0.05, 0.1) is 32.6 Å². The summed E-state index contributed by atoms with van der Waals surface area (Å²) in [6, 6.07) is 7.83. The normalized spacial score (nSPS) is 18.8. The molecule has 1 aromatic carbocycles. The zero-order valence-electron chi connectivity index (χ0n) is 18.9. The molecule has 9 heteroatoms. The van der Waals surface area contributed by atoms with E-state index >= 15 is 0 Å². The number of hydrogen-bond donors (Lipinski definition) is 4. The van der Waals surface area contributed by atoms with Gasteiger partial charge >= 0.3 is 0 Å². The Balaban J connectivity index is 1.53. The van der Waals surface area contributed by atoms with Crippen molar-refractivity contribution in [3.05, 3.63) is 41.5 Å². The summed E-state index contributed by atoms with van der Waals surface area (Å²) in [4.78, 5) is 21.6. The van der Waals surface area contributed by atoms with Crippen LogP contribution in [0.1, 0.15) is 56.3 Å². The molecule has 1 amide bonds. The first-order valence-corrected chi connectivity index (χ1v) is 12.2. The summed E-state index contributed by atoms with van der Waals surface area (Å²) in [5.74, 6) is 0.347. The third kappa shape index (κ3) is 6.39. The number of pyridine rings is 1. The van der Waals surface area contributed by atoms with Gasteiger partial charge in [-0.15, -0.1) is 11.3 Å². The highest BCUT2D eigenvalue weighted by atomic mass is 32.1. The molecule has 2 heterocycles. The van der Waals surface area contributed by atoms with Gasteiger partial charge in [-0.3, -0.25) is 4.79 Å². The van der Waals surface area contributed by atoms with Crippen molar-refractivity contribution >= 4 is 44.7 Å². The second-order valence-electron chi connectivity index (χ2n) is 9.19. The van der Waals surface area contributed by atoms with Crippen LogP contribution in [0.3, 0.4) is 0 Å². The largest absolute Gasteiger partial charge is 0.390 e. The average molecular weight is 472 g/mol. The van der Waals surface area contributed by atoms with Gasteiger partial charge in [0.25, 0.3) is 5.91 Å². The molecule has 4 rings (SSSR count). The molecular formula is C24H30FN5O2S. The topological polar surface area (TPSA) is 99.2 Å². The fourth-order valence-electron chi connectivity index (χ4n) is 3.90. The average Bonchev–Trinajstić information content (AvgIpc) is 3.22. The highest BCUT2D eigenvalue weighted by molar-refractivity contribution is 7.16. The molecule has 3 aromatic rings. The van der Waals surface area contributed by atoms with E-state index in [1.165, 1.54) is 0 Å². The first-order valence-electron chi connectivity index (χ1n) is 11.3. The number of amides is 1. The molecule has 1 fully saturated rings. The van der Waals surface area contributed by atoms with Crippen LogP contribution in [0.15, 0.2) is 36.0 Å². The highest BCUT2D eigenvalue weighted by Crippen LogP contribution is 2.29. The summed E-state index contributed by atoms with van der Waals surface area (Å²) in [5.41, 5.74) is 3.87. The second-order valence-corrected chi connectivity index (χ2v) is 10.1. The monoisotopic (exact) mass is 471 g/mol. The van der Waals surface area contributed by atoms with E-state index < -0.39 is 11.8 Å². The van der Waals surface area contributed by atoms with Gasteiger partial charge in [-0.25, -0.2) is 14.4 Å². The number of halogens is 1. The van der Waals surface area contributed by atoms with Crippen molar-refractivity contribution in [2.24, 2.45) is 0 Å². The summed E-state index contributed by atoms with van der Waals surface area (Å²) < 4.78 is 14.7. The summed E-state index contributed by atoms with van der Waals surface area (Å²) in [7, 11) is 0. The van der Waals surface area contributed by atoms with Crippen molar-refractivity contribution in [3.63, 3.8) is 0 Å². The molecule has 0 bridgehead atoms. The SMILES string of the molecule is CC(C)(O)CCNC(=O)c1cnc(Nc2ccc3ncsc3c2)cc1N[C@H]1CC[C@@H](F)CC1. The Morgan fingerprint density at radius 1 is 1.21 bits per heavy atom. The van der Waals surface area contributed by atoms with Crippen LogP contribution in [0.2, 0.25) is 0 Å². The van der Waals surface area contributed by atoms with Crippen molar-refractivity contribution < 1.29 is 14.3 Å². The van der Waals surface area contributed by atoms with Crippen molar-refractivity contribution in [2.75, 3.05) is 17.2 Å². The predicted octanol–water partition coefficient (Wildman–Crippen LogP) is 5.02. The molecule has 1 saturated carbocycles. The first-order chi connectivity index (χ1) is 15.8. The predicted molar refractivity (Wildman–Crippen MR) is 131 cm³/mol. The lowest BCUT2D eigenvalue weighted by molar-refractivity contribution is 0.0693. The number of rotatable bonds is 8. The molecule has 1 aliphatic carbocycles. The van der Waals surface area contributed by atoms with Gasteiger partial charge in [0.1, 0.15) is 12.0 Å². The fraction of sp³-hybridized carbons (Fsp3) is 0.458. The summed E-state index contributed by atoms with van der Waals surface area (Å²) in [5, 5.41) is 19.5. The maximum Gasteiger partial charge on any atom is 0.254 e. The number of anilines is 3. The quantitative estimate of drug-likeness (QED) is 0.368. The lowest BCUT2D eigenvalue weighted by Crippen LogP contribution is -2.32. The number of aliphatic hydroxyl groups is 1. The van der Waals surface area contributed by atoms with Gasteiger partial charge in [0.2, 0.25) is 0 Å². The summed E-state index contributed by atoms with van der Waals surface area (Å²) >= 11 is 1.57. The van der Waals surface area contributed by atoms with Crippen molar-refractivity contribution in [2.45, 2.75) is 63.8 Å². The van der Waals surface area contributed by atoms with Crippen LogP contribution < -0.4 is 16.0 Å². The van der Waals surface area contributed by atoms with Crippen LogP contribution >= 0.6 is 11.3 Å². The number of carbonyl (C=O) groups excluding carboxylic acids is 1. The number of carbonyl (C=O) groups is 1. The Labute approximate surface area is 196 Å². The number of nitrogens with zero attached hydrogens (tertiary/aromatic N) is 2. The van der Waals surface area contributed by atoms with E-state index in [4.69, 9.17) is 0 Å². The summed E-state index contributed by atoms with van der Waals surface area (Å²) in [6.45, 7) is 3.77. The van der Waals surface area contributed by atoms with Crippen molar-refractivity contribution in [1.29, 1.82) is 0 Å². The van der Waals surface area contributed by atoms with E-state index in [1.54, 1.807) is 31.4 Å². The van der Waals surface area contributed by atoms with Crippen LogP contribution in [-0.4, -0.2) is 45.3 Å². The second kappa shape index (κ2) is 10.0. The minimum absolute atomic E-state index is 0.101. The molecule has 0 spiro atoms. The Morgan fingerprint density at radius 2 is 2.00 bits per heavy atom. The Bertz CT molecular complexity index is 1110. The Kier molecular flexibility index (Phi) is 7.09.